The molecule has 5 heteroatoms. The molecule has 0 aromatic heterocycles. The summed E-state index contributed by atoms with van der Waals surface area (Å²) in [6, 6.07) is 15.9. The van der Waals surface area contributed by atoms with E-state index >= 15 is 0 Å². The highest BCUT2D eigenvalue weighted by Gasteiger charge is 2.43. The molecule has 5 rings (SSSR count). The van der Waals surface area contributed by atoms with E-state index in [-0.39, 0.29) is 17.5 Å². The monoisotopic (exact) mass is 471 g/mol. The van der Waals surface area contributed by atoms with Crippen molar-refractivity contribution in [1.82, 2.24) is 4.90 Å². The predicted octanol–water partition coefficient (Wildman–Crippen LogP) is 6.10. The van der Waals surface area contributed by atoms with Crippen LogP contribution in [-0.4, -0.2) is 29.6 Å². The van der Waals surface area contributed by atoms with E-state index in [1.165, 1.54) is 0 Å². The molecule has 5 nitrogen and oxygen atoms in total. The minimum atomic E-state index is -0.328. The van der Waals surface area contributed by atoms with Gasteiger partial charge in [0.1, 0.15) is 6.61 Å². The molecule has 0 atom stereocenters. The molecule has 3 aliphatic rings. The molecule has 0 saturated heterocycles. The molecule has 1 aliphatic heterocycles. The lowest BCUT2D eigenvalue weighted by atomic mass is 9.71. The van der Waals surface area contributed by atoms with Gasteiger partial charge in [-0.2, -0.15) is 0 Å². The number of carbonyl (C=O) groups is 2. The molecule has 2 aromatic rings. The van der Waals surface area contributed by atoms with Gasteiger partial charge in [0.25, 0.3) is 0 Å². The van der Waals surface area contributed by atoms with Crippen molar-refractivity contribution in [1.29, 1.82) is 0 Å². The Morgan fingerprint density at radius 3 is 2.06 bits per heavy atom. The summed E-state index contributed by atoms with van der Waals surface area (Å²) in [5.41, 5.74) is 5.87. The van der Waals surface area contributed by atoms with Crippen molar-refractivity contribution < 1.29 is 19.1 Å². The minimum Gasteiger partial charge on any atom is -0.490 e. The molecule has 0 N–H and O–H groups in total. The van der Waals surface area contributed by atoms with Gasteiger partial charge >= 0.3 is 0 Å². The van der Waals surface area contributed by atoms with E-state index in [4.69, 9.17) is 9.47 Å². The molecule has 1 heterocycles. The van der Waals surface area contributed by atoms with Crippen LogP contribution in [0.25, 0.3) is 0 Å². The van der Waals surface area contributed by atoms with Crippen LogP contribution >= 0.6 is 0 Å². The summed E-state index contributed by atoms with van der Waals surface area (Å²) in [6.07, 6.45) is 4.59. The molecule has 0 saturated carbocycles. The van der Waals surface area contributed by atoms with Crippen LogP contribution in [0, 0.1) is 0 Å². The quantitative estimate of drug-likeness (QED) is 0.489. The topological polar surface area (TPSA) is 55.8 Å². The van der Waals surface area contributed by atoms with Crippen LogP contribution in [0.4, 0.5) is 0 Å². The van der Waals surface area contributed by atoms with Crippen LogP contribution < -0.4 is 9.47 Å². The number of benzene rings is 2. The SMILES string of the molecule is CCOc1cc(C2C3=C(CCCC3=O)N(CC)C3=C2C(=O)CCC3)ccc1OCc1ccccc1. The largest absolute Gasteiger partial charge is 0.490 e. The van der Waals surface area contributed by atoms with Crippen molar-refractivity contribution in [3.63, 3.8) is 0 Å². The fourth-order valence-electron chi connectivity index (χ4n) is 5.76. The molecular formula is C30H33NO4. The summed E-state index contributed by atoms with van der Waals surface area (Å²) in [5.74, 6) is 1.32. The average molecular weight is 472 g/mol. The van der Waals surface area contributed by atoms with Gasteiger partial charge in [-0.25, -0.2) is 0 Å². The molecule has 182 valence electrons. The lowest BCUT2D eigenvalue weighted by Crippen LogP contribution is -2.39. The van der Waals surface area contributed by atoms with E-state index in [1.807, 2.05) is 55.5 Å². The number of ketones is 2. The zero-order valence-corrected chi connectivity index (χ0v) is 20.6. The Morgan fingerprint density at radius 2 is 1.46 bits per heavy atom. The van der Waals surface area contributed by atoms with Gasteiger partial charge in [-0.1, -0.05) is 36.4 Å². The first kappa shape index (κ1) is 23.4. The maximum absolute atomic E-state index is 13.3. The first-order valence-corrected chi connectivity index (χ1v) is 12.9. The van der Waals surface area contributed by atoms with Crippen molar-refractivity contribution in [3.05, 3.63) is 82.2 Å². The highest BCUT2D eigenvalue weighted by atomic mass is 16.5. The second kappa shape index (κ2) is 10.1. The smallest absolute Gasteiger partial charge is 0.161 e. The number of nitrogens with zero attached hydrogens (tertiary/aromatic N) is 1. The fraction of sp³-hybridized carbons (Fsp3) is 0.400. The van der Waals surface area contributed by atoms with E-state index in [2.05, 4.69) is 11.8 Å². The molecule has 2 aromatic carbocycles. The average Bonchev–Trinajstić information content (AvgIpc) is 2.88. The number of hydrogen-bond acceptors (Lipinski definition) is 5. The molecule has 2 aliphatic carbocycles. The molecular weight excluding hydrogens is 438 g/mol. The Kier molecular flexibility index (Phi) is 6.76. The second-order valence-corrected chi connectivity index (χ2v) is 9.36. The molecule has 0 amide bonds. The summed E-state index contributed by atoms with van der Waals surface area (Å²) in [5, 5.41) is 0. The molecule has 0 unspecified atom stereocenters. The third kappa shape index (κ3) is 4.40. The first-order chi connectivity index (χ1) is 17.1. The van der Waals surface area contributed by atoms with E-state index in [0.717, 1.165) is 65.9 Å². The van der Waals surface area contributed by atoms with Crippen LogP contribution in [0.5, 0.6) is 11.5 Å². The standard InChI is InChI=1S/C30H33NO4/c1-3-31-22-12-8-14-24(32)29(22)28(30-23(31)13-9-15-25(30)33)21-16-17-26(27(18-21)34-4-2)35-19-20-10-6-5-7-11-20/h5-7,10-11,16-18,28H,3-4,8-9,12-15,19H2,1-2H3. The number of hydrogen-bond donors (Lipinski definition) is 0. The maximum atomic E-state index is 13.3. The third-order valence-electron chi connectivity index (χ3n) is 7.24. The van der Waals surface area contributed by atoms with E-state index in [0.29, 0.717) is 37.6 Å². The van der Waals surface area contributed by atoms with Gasteiger partial charge in [0.2, 0.25) is 0 Å². The van der Waals surface area contributed by atoms with Crippen molar-refractivity contribution in [3.8, 4) is 11.5 Å². The molecule has 35 heavy (non-hydrogen) atoms. The third-order valence-corrected chi connectivity index (χ3v) is 7.24. The van der Waals surface area contributed by atoms with Gasteiger partial charge in [-0.05, 0) is 62.8 Å². The Morgan fingerprint density at radius 1 is 0.800 bits per heavy atom. The number of ether oxygens (including phenoxy) is 2. The van der Waals surface area contributed by atoms with E-state index < -0.39 is 0 Å². The van der Waals surface area contributed by atoms with Crippen LogP contribution in [0.1, 0.15) is 69.4 Å². The van der Waals surface area contributed by atoms with Gasteiger partial charge < -0.3 is 14.4 Å². The van der Waals surface area contributed by atoms with Gasteiger partial charge in [-0.15, -0.1) is 0 Å². The highest BCUT2D eigenvalue weighted by Crippen LogP contribution is 2.50. The van der Waals surface area contributed by atoms with Crippen molar-refractivity contribution in [2.75, 3.05) is 13.2 Å². The second-order valence-electron chi connectivity index (χ2n) is 9.36. The fourth-order valence-corrected chi connectivity index (χ4v) is 5.76. The molecule has 0 fully saturated rings. The van der Waals surface area contributed by atoms with Crippen LogP contribution in [-0.2, 0) is 16.2 Å². The highest BCUT2D eigenvalue weighted by molar-refractivity contribution is 6.06. The summed E-state index contributed by atoms with van der Waals surface area (Å²) in [7, 11) is 0. The normalized spacial score (nSPS) is 18.5. The van der Waals surface area contributed by atoms with E-state index in [9.17, 15) is 9.59 Å². The summed E-state index contributed by atoms with van der Waals surface area (Å²) < 4.78 is 12.1. The van der Waals surface area contributed by atoms with Crippen molar-refractivity contribution in [2.45, 2.75) is 64.9 Å². The zero-order valence-electron chi connectivity index (χ0n) is 20.6. The van der Waals surface area contributed by atoms with Gasteiger partial charge in [0.05, 0.1) is 6.61 Å². The first-order valence-electron chi connectivity index (χ1n) is 12.9. The van der Waals surface area contributed by atoms with E-state index in [1.54, 1.807) is 0 Å². The molecule has 0 radical (unpaired) electrons. The Balaban J connectivity index is 1.58. The number of rotatable bonds is 7. The molecule has 0 bridgehead atoms. The van der Waals surface area contributed by atoms with Crippen LogP contribution in [0.2, 0.25) is 0 Å². The maximum Gasteiger partial charge on any atom is 0.161 e. The lowest BCUT2D eigenvalue weighted by molar-refractivity contribution is -0.117. The Hall–Kier alpha value is -3.34. The summed E-state index contributed by atoms with van der Waals surface area (Å²) in [4.78, 5) is 28.9. The van der Waals surface area contributed by atoms with Crippen molar-refractivity contribution >= 4 is 11.6 Å². The van der Waals surface area contributed by atoms with Gasteiger partial charge in [-0.3, -0.25) is 9.59 Å². The Labute approximate surface area is 207 Å². The van der Waals surface area contributed by atoms with Crippen LogP contribution in [0.3, 0.4) is 0 Å². The summed E-state index contributed by atoms with van der Waals surface area (Å²) >= 11 is 0. The number of carbonyl (C=O) groups excluding carboxylic acids is 2. The summed E-state index contributed by atoms with van der Waals surface area (Å²) in [6.45, 7) is 5.78. The van der Waals surface area contributed by atoms with Crippen LogP contribution in [0.15, 0.2) is 71.1 Å². The lowest BCUT2D eigenvalue weighted by Gasteiger charge is -2.43. The number of allylic oxidation sites excluding steroid dienone is 4. The predicted molar refractivity (Wildman–Crippen MR) is 135 cm³/mol. The van der Waals surface area contributed by atoms with Gasteiger partial charge in [0, 0.05) is 47.8 Å². The Bertz CT molecular complexity index is 1150. The minimum absolute atomic E-state index is 0.169. The number of Topliss-reactive ketones (excluding diaryl/α,β-unsaturated/α-hetero) is 2. The van der Waals surface area contributed by atoms with Gasteiger partial charge in [0.15, 0.2) is 23.1 Å². The van der Waals surface area contributed by atoms with Crippen molar-refractivity contribution in [2.24, 2.45) is 0 Å². The molecule has 0 spiro atoms. The zero-order chi connectivity index (χ0) is 24.4.